The van der Waals surface area contributed by atoms with Crippen LogP contribution in [-0.4, -0.2) is 21.3 Å². The molecule has 1 heterocycles. The Kier molecular flexibility index (Phi) is 4.23. The SMILES string of the molecule is CC(C)Sc1cc(Cl)cnc1C(N)=NO. The Balaban J connectivity index is 3.14. The highest BCUT2D eigenvalue weighted by Crippen LogP contribution is 2.27. The molecule has 1 aromatic rings. The van der Waals surface area contributed by atoms with E-state index in [4.69, 9.17) is 22.5 Å². The molecule has 0 aromatic carbocycles. The molecule has 0 amide bonds. The van der Waals surface area contributed by atoms with Gasteiger partial charge in [0.15, 0.2) is 5.84 Å². The summed E-state index contributed by atoms with van der Waals surface area (Å²) in [6, 6.07) is 1.76. The van der Waals surface area contributed by atoms with Crippen molar-refractivity contribution in [3.63, 3.8) is 0 Å². The van der Waals surface area contributed by atoms with Crippen molar-refractivity contribution in [3.8, 4) is 0 Å². The maximum absolute atomic E-state index is 8.60. The summed E-state index contributed by atoms with van der Waals surface area (Å²) < 4.78 is 0. The molecule has 0 aliphatic rings. The number of hydrogen-bond donors (Lipinski definition) is 2. The number of amidine groups is 1. The van der Waals surface area contributed by atoms with Gasteiger partial charge >= 0.3 is 0 Å². The average molecular weight is 246 g/mol. The van der Waals surface area contributed by atoms with Gasteiger partial charge in [-0.25, -0.2) is 0 Å². The molecule has 0 spiro atoms. The first-order chi connectivity index (χ1) is 7.04. The Morgan fingerprint density at radius 2 is 2.33 bits per heavy atom. The van der Waals surface area contributed by atoms with E-state index in [0.29, 0.717) is 16.0 Å². The number of aromatic nitrogens is 1. The summed E-state index contributed by atoms with van der Waals surface area (Å²) in [7, 11) is 0. The maximum atomic E-state index is 8.60. The van der Waals surface area contributed by atoms with Crippen LogP contribution in [0, 0.1) is 0 Å². The van der Waals surface area contributed by atoms with E-state index < -0.39 is 0 Å². The maximum Gasteiger partial charge on any atom is 0.189 e. The van der Waals surface area contributed by atoms with Crippen molar-refractivity contribution in [2.75, 3.05) is 0 Å². The van der Waals surface area contributed by atoms with Crippen molar-refractivity contribution in [1.82, 2.24) is 4.98 Å². The molecule has 1 aromatic heterocycles. The average Bonchev–Trinajstić information content (AvgIpc) is 2.16. The van der Waals surface area contributed by atoms with Crippen molar-refractivity contribution >= 4 is 29.2 Å². The zero-order valence-electron chi connectivity index (χ0n) is 8.44. The van der Waals surface area contributed by atoms with Crippen molar-refractivity contribution in [2.45, 2.75) is 24.0 Å². The molecule has 4 nitrogen and oxygen atoms in total. The van der Waals surface area contributed by atoms with E-state index in [9.17, 15) is 0 Å². The minimum Gasteiger partial charge on any atom is -0.409 e. The largest absolute Gasteiger partial charge is 0.409 e. The second-order valence-electron chi connectivity index (χ2n) is 3.15. The molecule has 6 heteroatoms. The predicted molar refractivity (Wildman–Crippen MR) is 62.8 cm³/mol. The quantitative estimate of drug-likeness (QED) is 0.282. The first kappa shape index (κ1) is 12.1. The molecule has 0 aliphatic carbocycles. The summed E-state index contributed by atoms with van der Waals surface area (Å²) in [5.41, 5.74) is 5.96. The Morgan fingerprint density at radius 1 is 1.67 bits per heavy atom. The van der Waals surface area contributed by atoms with Gasteiger partial charge in [-0.1, -0.05) is 30.6 Å². The van der Waals surface area contributed by atoms with Crippen molar-refractivity contribution in [2.24, 2.45) is 10.9 Å². The molecule has 0 unspecified atom stereocenters. The lowest BCUT2D eigenvalue weighted by atomic mass is 10.3. The fourth-order valence-electron chi connectivity index (χ4n) is 1.00. The third-order valence-electron chi connectivity index (χ3n) is 1.53. The third-order valence-corrected chi connectivity index (χ3v) is 2.78. The first-order valence-corrected chi connectivity index (χ1v) is 5.60. The van der Waals surface area contributed by atoms with E-state index in [-0.39, 0.29) is 5.84 Å². The Bertz CT molecular complexity index is 382. The minimum absolute atomic E-state index is 0.00480. The van der Waals surface area contributed by atoms with Crippen LogP contribution in [-0.2, 0) is 0 Å². The van der Waals surface area contributed by atoms with Crippen molar-refractivity contribution in [3.05, 3.63) is 23.0 Å². The van der Waals surface area contributed by atoms with Gasteiger partial charge in [0.2, 0.25) is 0 Å². The molecule has 3 N–H and O–H groups in total. The number of pyridine rings is 1. The van der Waals surface area contributed by atoms with Crippen LogP contribution in [0.2, 0.25) is 5.02 Å². The molecular formula is C9H12ClN3OS. The molecule has 0 radical (unpaired) electrons. The highest BCUT2D eigenvalue weighted by molar-refractivity contribution is 8.00. The van der Waals surface area contributed by atoms with Crippen LogP contribution in [0.1, 0.15) is 19.5 Å². The lowest BCUT2D eigenvalue weighted by Crippen LogP contribution is -2.16. The third kappa shape index (κ3) is 3.28. The topological polar surface area (TPSA) is 71.5 Å². The van der Waals surface area contributed by atoms with Gasteiger partial charge in [-0.05, 0) is 6.07 Å². The highest BCUT2D eigenvalue weighted by atomic mass is 35.5. The van der Waals surface area contributed by atoms with Crippen LogP contribution in [0.25, 0.3) is 0 Å². The van der Waals surface area contributed by atoms with Gasteiger partial charge in [0.25, 0.3) is 0 Å². The monoisotopic (exact) mass is 245 g/mol. The van der Waals surface area contributed by atoms with E-state index in [1.807, 2.05) is 13.8 Å². The van der Waals surface area contributed by atoms with Crippen LogP contribution in [0.5, 0.6) is 0 Å². The summed E-state index contributed by atoms with van der Waals surface area (Å²) in [5.74, 6) is -0.00480. The summed E-state index contributed by atoms with van der Waals surface area (Å²) in [5, 5.41) is 12.4. The predicted octanol–water partition coefficient (Wildman–Crippen LogP) is 2.33. The smallest absolute Gasteiger partial charge is 0.189 e. The van der Waals surface area contributed by atoms with Gasteiger partial charge in [0, 0.05) is 16.3 Å². The second-order valence-corrected chi connectivity index (χ2v) is 5.21. The zero-order chi connectivity index (χ0) is 11.4. The Labute approximate surface area is 97.5 Å². The van der Waals surface area contributed by atoms with E-state index in [1.54, 1.807) is 17.8 Å². The van der Waals surface area contributed by atoms with Gasteiger partial charge in [-0.3, -0.25) is 4.98 Å². The van der Waals surface area contributed by atoms with Gasteiger partial charge in [0.1, 0.15) is 5.69 Å². The Morgan fingerprint density at radius 3 is 2.87 bits per heavy atom. The van der Waals surface area contributed by atoms with Crippen LogP contribution in [0.4, 0.5) is 0 Å². The van der Waals surface area contributed by atoms with Crippen molar-refractivity contribution < 1.29 is 5.21 Å². The minimum atomic E-state index is -0.00480. The number of rotatable bonds is 3. The van der Waals surface area contributed by atoms with E-state index in [1.165, 1.54) is 6.20 Å². The zero-order valence-corrected chi connectivity index (χ0v) is 10.0. The number of nitrogens with zero attached hydrogens (tertiary/aromatic N) is 2. The Hall–Kier alpha value is -0.940. The second kappa shape index (κ2) is 5.23. The van der Waals surface area contributed by atoms with Crippen molar-refractivity contribution in [1.29, 1.82) is 0 Å². The first-order valence-electron chi connectivity index (χ1n) is 4.34. The van der Waals surface area contributed by atoms with Gasteiger partial charge < -0.3 is 10.9 Å². The van der Waals surface area contributed by atoms with Crippen LogP contribution >= 0.6 is 23.4 Å². The summed E-state index contributed by atoms with van der Waals surface area (Å²) >= 11 is 7.39. The summed E-state index contributed by atoms with van der Waals surface area (Å²) in [6.45, 7) is 4.09. The summed E-state index contributed by atoms with van der Waals surface area (Å²) in [6.07, 6.45) is 1.47. The molecule has 82 valence electrons. The molecule has 0 fully saturated rings. The van der Waals surface area contributed by atoms with Crippen LogP contribution < -0.4 is 5.73 Å². The number of nitrogens with two attached hydrogens (primary N) is 1. The van der Waals surface area contributed by atoms with Gasteiger partial charge in [-0.15, -0.1) is 11.8 Å². The van der Waals surface area contributed by atoms with E-state index in [2.05, 4.69) is 10.1 Å². The number of hydrogen-bond acceptors (Lipinski definition) is 4. The molecular weight excluding hydrogens is 234 g/mol. The van der Waals surface area contributed by atoms with Crippen LogP contribution in [0.3, 0.4) is 0 Å². The normalized spacial score (nSPS) is 12.1. The van der Waals surface area contributed by atoms with E-state index >= 15 is 0 Å². The molecule has 1 rings (SSSR count). The fourth-order valence-corrected chi connectivity index (χ4v) is 2.20. The number of thioether (sulfide) groups is 1. The van der Waals surface area contributed by atoms with Gasteiger partial charge in [-0.2, -0.15) is 0 Å². The number of oxime groups is 1. The lowest BCUT2D eigenvalue weighted by molar-refractivity contribution is 0.318. The van der Waals surface area contributed by atoms with Gasteiger partial charge in [0.05, 0.1) is 5.02 Å². The van der Waals surface area contributed by atoms with E-state index in [0.717, 1.165) is 4.90 Å². The summed E-state index contributed by atoms with van der Waals surface area (Å²) in [4.78, 5) is 4.85. The highest BCUT2D eigenvalue weighted by Gasteiger charge is 2.11. The molecule has 0 saturated carbocycles. The lowest BCUT2D eigenvalue weighted by Gasteiger charge is -2.09. The molecule has 0 aliphatic heterocycles. The molecule has 15 heavy (non-hydrogen) atoms. The molecule has 0 atom stereocenters. The van der Waals surface area contributed by atoms with Crippen LogP contribution in [0.15, 0.2) is 22.3 Å². The standard InChI is InChI=1S/C9H12ClN3OS/c1-5(2)15-7-3-6(10)4-12-8(7)9(11)13-14/h3-5,14H,1-2H3,(H2,11,13). The molecule has 0 bridgehead atoms. The fraction of sp³-hybridized carbons (Fsp3) is 0.333. The molecule has 0 saturated heterocycles. The number of halogens is 1.